The number of ether oxygens (including phenoxy) is 2. The number of benzene rings is 1. The van der Waals surface area contributed by atoms with Gasteiger partial charge in [0.2, 0.25) is 0 Å². The third-order valence-corrected chi connectivity index (χ3v) is 4.88. The molecule has 1 heterocycles. The van der Waals surface area contributed by atoms with Crippen LogP contribution in [0.4, 0.5) is 0 Å². The van der Waals surface area contributed by atoms with E-state index < -0.39 is 0 Å². The Hall–Kier alpha value is -0.940. The molecule has 2 fully saturated rings. The van der Waals surface area contributed by atoms with Crippen molar-refractivity contribution in [2.24, 2.45) is 5.73 Å². The molecule has 1 aliphatic heterocycles. The van der Waals surface area contributed by atoms with Gasteiger partial charge in [0.25, 0.3) is 0 Å². The summed E-state index contributed by atoms with van der Waals surface area (Å²) in [6.45, 7) is 2.37. The van der Waals surface area contributed by atoms with Gasteiger partial charge in [-0.05, 0) is 29.9 Å². The summed E-state index contributed by atoms with van der Waals surface area (Å²) in [4.78, 5) is 2.38. The van der Waals surface area contributed by atoms with Gasteiger partial charge in [-0.1, -0.05) is 24.3 Å². The molecule has 2 N–H and O–H groups in total. The van der Waals surface area contributed by atoms with E-state index in [0.29, 0.717) is 6.54 Å². The quantitative estimate of drug-likeness (QED) is 0.869. The summed E-state index contributed by atoms with van der Waals surface area (Å²) < 4.78 is 11.1. The highest BCUT2D eigenvalue weighted by Crippen LogP contribution is 2.40. The molecule has 1 saturated carbocycles. The van der Waals surface area contributed by atoms with Gasteiger partial charge in [0, 0.05) is 39.9 Å². The summed E-state index contributed by atoms with van der Waals surface area (Å²) >= 11 is 0. The van der Waals surface area contributed by atoms with E-state index in [1.807, 2.05) is 0 Å². The van der Waals surface area contributed by atoms with E-state index in [-0.39, 0.29) is 18.2 Å². The highest BCUT2D eigenvalue weighted by Gasteiger charge is 2.36. The summed E-state index contributed by atoms with van der Waals surface area (Å²) in [7, 11) is 3.50. The maximum atomic E-state index is 6.05. The summed E-state index contributed by atoms with van der Waals surface area (Å²) in [5.74, 6) is 0.804. The summed E-state index contributed by atoms with van der Waals surface area (Å²) in [6.07, 6.45) is 2.96. The third kappa shape index (κ3) is 3.14. The van der Waals surface area contributed by atoms with Gasteiger partial charge in [-0.15, -0.1) is 0 Å². The van der Waals surface area contributed by atoms with Gasteiger partial charge < -0.3 is 15.2 Å². The molecule has 3 atom stereocenters. The van der Waals surface area contributed by atoms with Crippen LogP contribution in [0.5, 0.6) is 0 Å². The molecule has 0 spiro atoms. The van der Waals surface area contributed by atoms with E-state index in [4.69, 9.17) is 15.2 Å². The second-order valence-electron chi connectivity index (χ2n) is 6.19. The fraction of sp³-hybridized carbons (Fsp3) is 0.647. The number of likely N-dealkylation sites (tertiary alicyclic amines) is 1. The van der Waals surface area contributed by atoms with Crippen molar-refractivity contribution in [1.29, 1.82) is 0 Å². The maximum Gasteiger partial charge on any atom is 0.0972 e. The van der Waals surface area contributed by atoms with Crippen molar-refractivity contribution >= 4 is 0 Å². The predicted molar refractivity (Wildman–Crippen MR) is 83.4 cm³/mol. The van der Waals surface area contributed by atoms with E-state index in [1.165, 1.54) is 24.0 Å². The lowest BCUT2D eigenvalue weighted by Gasteiger charge is -2.27. The van der Waals surface area contributed by atoms with Crippen LogP contribution in [-0.2, 0) is 9.47 Å². The van der Waals surface area contributed by atoms with Crippen LogP contribution in [0.3, 0.4) is 0 Å². The van der Waals surface area contributed by atoms with Crippen molar-refractivity contribution in [1.82, 2.24) is 4.90 Å². The number of nitrogens with zero attached hydrogens (tertiary/aromatic N) is 1. The molecule has 1 saturated heterocycles. The van der Waals surface area contributed by atoms with Crippen LogP contribution in [0.25, 0.3) is 0 Å². The lowest BCUT2D eigenvalue weighted by atomic mass is 10.0. The Labute approximate surface area is 127 Å². The van der Waals surface area contributed by atoms with Gasteiger partial charge in [-0.25, -0.2) is 0 Å². The minimum Gasteiger partial charge on any atom is -0.377 e. The molecule has 1 aliphatic carbocycles. The molecule has 0 aromatic heterocycles. The van der Waals surface area contributed by atoms with Crippen molar-refractivity contribution in [2.45, 2.75) is 37.0 Å². The Morgan fingerprint density at radius 3 is 2.10 bits per heavy atom. The van der Waals surface area contributed by atoms with E-state index in [2.05, 4.69) is 29.2 Å². The smallest absolute Gasteiger partial charge is 0.0972 e. The van der Waals surface area contributed by atoms with Crippen LogP contribution in [0, 0.1) is 0 Å². The first kappa shape index (κ1) is 15.0. The second-order valence-corrected chi connectivity index (χ2v) is 6.19. The highest BCUT2D eigenvalue weighted by atomic mass is 16.5. The predicted octanol–water partition coefficient (Wildman–Crippen LogP) is 1.91. The standard InChI is InChI=1S/C17H26N2O2/c1-20-16-10-19(11-17(16)21-2)15(9-18)14-7-5-13(6-8-14)12-3-4-12/h5-8,12,15-17H,3-4,9-11,18H2,1-2H3. The van der Waals surface area contributed by atoms with Crippen LogP contribution in [0.15, 0.2) is 24.3 Å². The minimum atomic E-state index is 0.134. The second kappa shape index (κ2) is 6.44. The van der Waals surface area contributed by atoms with E-state index in [0.717, 1.165) is 19.0 Å². The molecule has 4 heteroatoms. The SMILES string of the molecule is COC1CN(C(CN)c2ccc(C3CC3)cc2)CC1OC. The van der Waals surface area contributed by atoms with E-state index >= 15 is 0 Å². The number of hydrogen-bond acceptors (Lipinski definition) is 4. The highest BCUT2D eigenvalue weighted by molar-refractivity contribution is 5.30. The molecule has 1 aromatic carbocycles. The van der Waals surface area contributed by atoms with Crippen LogP contribution < -0.4 is 5.73 Å². The molecule has 4 nitrogen and oxygen atoms in total. The topological polar surface area (TPSA) is 47.7 Å². The fourth-order valence-corrected chi connectivity index (χ4v) is 3.38. The van der Waals surface area contributed by atoms with Crippen LogP contribution in [0.2, 0.25) is 0 Å². The lowest BCUT2D eigenvalue weighted by Crippen LogP contribution is -2.33. The number of nitrogens with two attached hydrogens (primary N) is 1. The molecule has 0 amide bonds. The van der Waals surface area contributed by atoms with Crippen LogP contribution in [-0.4, -0.2) is 51.0 Å². The molecular formula is C17H26N2O2. The average Bonchev–Trinajstić information content (AvgIpc) is 3.29. The summed E-state index contributed by atoms with van der Waals surface area (Å²) in [5.41, 5.74) is 8.82. The number of rotatable bonds is 6. The Kier molecular flexibility index (Phi) is 4.60. The van der Waals surface area contributed by atoms with Crippen LogP contribution >= 0.6 is 0 Å². The van der Waals surface area contributed by atoms with Gasteiger partial charge in [-0.2, -0.15) is 0 Å². The van der Waals surface area contributed by atoms with Gasteiger partial charge in [0.15, 0.2) is 0 Å². The van der Waals surface area contributed by atoms with Gasteiger partial charge in [-0.3, -0.25) is 4.90 Å². The van der Waals surface area contributed by atoms with Crippen molar-refractivity contribution in [3.63, 3.8) is 0 Å². The largest absolute Gasteiger partial charge is 0.377 e. The average molecular weight is 290 g/mol. The molecule has 21 heavy (non-hydrogen) atoms. The van der Waals surface area contributed by atoms with Gasteiger partial charge >= 0.3 is 0 Å². The van der Waals surface area contributed by atoms with Gasteiger partial charge in [0.1, 0.15) is 0 Å². The first-order chi connectivity index (χ1) is 10.3. The molecule has 2 aliphatic rings. The molecule has 3 rings (SSSR count). The molecule has 3 unspecified atom stereocenters. The Morgan fingerprint density at radius 1 is 1.10 bits per heavy atom. The molecule has 0 radical (unpaired) electrons. The van der Waals surface area contributed by atoms with Gasteiger partial charge in [0.05, 0.1) is 12.2 Å². The number of hydrogen-bond donors (Lipinski definition) is 1. The summed E-state index contributed by atoms with van der Waals surface area (Å²) in [6, 6.07) is 9.28. The zero-order chi connectivity index (χ0) is 14.8. The van der Waals surface area contributed by atoms with Crippen molar-refractivity contribution < 1.29 is 9.47 Å². The lowest BCUT2D eigenvalue weighted by molar-refractivity contribution is -0.00461. The zero-order valence-electron chi connectivity index (χ0n) is 13.0. The molecule has 0 bridgehead atoms. The molecule has 116 valence electrons. The monoisotopic (exact) mass is 290 g/mol. The van der Waals surface area contributed by atoms with Crippen molar-refractivity contribution in [3.8, 4) is 0 Å². The molecular weight excluding hydrogens is 264 g/mol. The normalized spacial score (nSPS) is 28.0. The minimum absolute atomic E-state index is 0.134. The zero-order valence-corrected chi connectivity index (χ0v) is 13.0. The first-order valence-electron chi connectivity index (χ1n) is 7.86. The Morgan fingerprint density at radius 2 is 1.67 bits per heavy atom. The van der Waals surface area contributed by atoms with E-state index in [9.17, 15) is 0 Å². The fourth-order valence-electron chi connectivity index (χ4n) is 3.38. The first-order valence-corrected chi connectivity index (χ1v) is 7.86. The number of methoxy groups -OCH3 is 2. The van der Waals surface area contributed by atoms with Crippen molar-refractivity contribution in [2.75, 3.05) is 33.9 Å². The Bertz CT molecular complexity index is 446. The molecule has 1 aromatic rings. The van der Waals surface area contributed by atoms with E-state index in [1.54, 1.807) is 14.2 Å². The maximum absolute atomic E-state index is 6.05. The third-order valence-electron chi connectivity index (χ3n) is 4.88. The van der Waals surface area contributed by atoms with Crippen molar-refractivity contribution in [3.05, 3.63) is 35.4 Å². The van der Waals surface area contributed by atoms with Crippen LogP contribution in [0.1, 0.15) is 35.9 Å². The Balaban J connectivity index is 1.72. The summed E-state index contributed by atoms with van der Waals surface area (Å²) in [5, 5.41) is 0.